The number of anilines is 1. The lowest BCUT2D eigenvalue weighted by atomic mass is 10.1. The Labute approximate surface area is 126 Å². The van der Waals surface area contributed by atoms with Gasteiger partial charge >= 0.3 is 0 Å². The average Bonchev–Trinajstić information content (AvgIpc) is 2.83. The van der Waals surface area contributed by atoms with Crippen molar-refractivity contribution < 1.29 is 4.42 Å². The van der Waals surface area contributed by atoms with Crippen LogP contribution in [0.3, 0.4) is 0 Å². The molecule has 0 saturated heterocycles. The van der Waals surface area contributed by atoms with Gasteiger partial charge in [0.05, 0.1) is 17.0 Å². The van der Waals surface area contributed by atoms with Gasteiger partial charge in [0.2, 0.25) is 0 Å². The second-order valence-corrected chi connectivity index (χ2v) is 5.94. The molecule has 4 heteroatoms. The monoisotopic (exact) mass is 375 g/mol. The van der Waals surface area contributed by atoms with Crippen LogP contribution in [0, 0.1) is 3.57 Å². The van der Waals surface area contributed by atoms with Crippen LogP contribution in [0.2, 0.25) is 5.02 Å². The zero-order valence-electron chi connectivity index (χ0n) is 10.1. The largest absolute Gasteiger partial charge is 0.469 e. The van der Waals surface area contributed by atoms with Gasteiger partial charge in [0.15, 0.2) is 0 Å². The molecule has 1 unspecified atom stereocenters. The van der Waals surface area contributed by atoms with Gasteiger partial charge in [0.1, 0.15) is 5.76 Å². The lowest BCUT2D eigenvalue weighted by Gasteiger charge is -2.15. The van der Waals surface area contributed by atoms with E-state index >= 15 is 0 Å². The van der Waals surface area contributed by atoms with Crippen LogP contribution in [0.1, 0.15) is 19.1 Å². The van der Waals surface area contributed by atoms with Crippen LogP contribution < -0.4 is 5.32 Å². The number of halogens is 2. The summed E-state index contributed by atoms with van der Waals surface area (Å²) in [6, 6.07) is 10.3. The van der Waals surface area contributed by atoms with Gasteiger partial charge in [-0.3, -0.25) is 0 Å². The van der Waals surface area contributed by atoms with Gasteiger partial charge in [-0.1, -0.05) is 11.6 Å². The van der Waals surface area contributed by atoms with E-state index in [0.717, 1.165) is 32.9 Å². The summed E-state index contributed by atoms with van der Waals surface area (Å²) in [5.41, 5.74) is 0.990. The molecule has 0 aliphatic rings. The highest BCUT2D eigenvalue weighted by atomic mass is 127. The average molecular weight is 376 g/mol. The molecule has 0 aliphatic carbocycles. The molecule has 0 fully saturated rings. The van der Waals surface area contributed by atoms with E-state index in [2.05, 4.69) is 34.8 Å². The molecular weight excluding hydrogens is 361 g/mol. The molecule has 18 heavy (non-hydrogen) atoms. The lowest BCUT2D eigenvalue weighted by molar-refractivity contribution is 0.495. The van der Waals surface area contributed by atoms with E-state index in [1.54, 1.807) is 6.26 Å². The van der Waals surface area contributed by atoms with Crippen molar-refractivity contribution in [1.29, 1.82) is 0 Å². The summed E-state index contributed by atoms with van der Waals surface area (Å²) in [6.45, 7) is 2.15. The zero-order chi connectivity index (χ0) is 13.0. The summed E-state index contributed by atoms with van der Waals surface area (Å²) in [4.78, 5) is 0. The standard InChI is InChI=1S/C14H15ClINO/c1-10(4-6-12-3-2-8-18-12)17-14-7-5-11(16)9-13(14)15/h2-3,5,7-10,17H,4,6H2,1H3. The quantitative estimate of drug-likeness (QED) is 0.746. The molecule has 0 aliphatic heterocycles. The molecule has 2 rings (SSSR count). The Hall–Kier alpha value is -0.680. The highest BCUT2D eigenvalue weighted by molar-refractivity contribution is 14.1. The van der Waals surface area contributed by atoms with Crippen molar-refractivity contribution in [2.75, 3.05) is 5.32 Å². The van der Waals surface area contributed by atoms with Crippen molar-refractivity contribution in [3.63, 3.8) is 0 Å². The molecule has 1 atom stereocenters. The molecule has 0 radical (unpaired) electrons. The van der Waals surface area contributed by atoms with E-state index in [0.29, 0.717) is 6.04 Å². The van der Waals surface area contributed by atoms with Crippen LogP contribution in [0.15, 0.2) is 41.0 Å². The van der Waals surface area contributed by atoms with Gasteiger partial charge in [-0.15, -0.1) is 0 Å². The maximum absolute atomic E-state index is 6.19. The second kappa shape index (κ2) is 6.48. The molecular formula is C14H15ClINO. The SMILES string of the molecule is CC(CCc1ccco1)Nc1ccc(I)cc1Cl. The van der Waals surface area contributed by atoms with Crippen molar-refractivity contribution in [2.24, 2.45) is 0 Å². The zero-order valence-corrected chi connectivity index (χ0v) is 13.0. The van der Waals surface area contributed by atoms with Gasteiger partial charge in [-0.05, 0) is 66.3 Å². The minimum absolute atomic E-state index is 0.354. The van der Waals surface area contributed by atoms with Crippen LogP contribution in [-0.2, 0) is 6.42 Å². The smallest absolute Gasteiger partial charge is 0.103 e. The summed E-state index contributed by atoms with van der Waals surface area (Å²) in [7, 11) is 0. The van der Waals surface area contributed by atoms with Crippen LogP contribution >= 0.6 is 34.2 Å². The summed E-state index contributed by atoms with van der Waals surface area (Å²) in [5, 5.41) is 4.19. The van der Waals surface area contributed by atoms with E-state index in [4.69, 9.17) is 16.0 Å². The van der Waals surface area contributed by atoms with Gasteiger partial charge < -0.3 is 9.73 Å². The Morgan fingerprint density at radius 2 is 2.22 bits per heavy atom. The van der Waals surface area contributed by atoms with E-state index in [1.807, 2.05) is 30.3 Å². The number of hydrogen-bond donors (Lipinski definition) is 1. The summed E-state index contributed by atoms with van der Waals surface area (Å²) >= 11 is 8.44. The molecule has 1 aromatic carbocycles. The Morgan fingerprint density at radius 3 is 2.89 bits per heavy atom. The summed E-state index contributed by atoms with van der Waals surface area (Å²) in [6.07, 6.45) is 3.66. The van der Waals surface area contributed by atoms with Crippen molar-refractivity contribution in [1.82, 2.24) is 0 Å². The van der Waals surface area contributed by atoms with Crippen LogP contribution in [0.5, 0.6) is 0 Å². The molecule has 0 amide bonds. The molecule has 1 aromatic heterocycles. The fraction of sp³-hybridized carbons (Fsp3) is 0.286. The van der Waals surface area contributed by atoms with Gasteiger partial charge in [-0.2, -0.15) is 0 Å². The number of furan rings is 1. The third kappa shape index (κ3) is 3.92. The molecule has 0 saturated carbocycles. The van der Waals surface area contributed by atoms with Gasteiger partial charge in [-0.25, -0.2) is 0 Å². The highest BCUT2D eigenvalue weighted by Crippen LogP contribution is 2.25. The maximum Gasteiger partial charge on any atom is 0.103 e. The molecule has 1 heterocycles. The third-order valence-electron chi connectivity index (χ3n) is 2.74. The molecule has 1 N–H and O–H groups in total. The Kier molecular flexibility index (Phi) is 4.95. The Balaban J connectivity index is 1.88. The predicted octanol–water partition coefficient (Wildman–Crippen LogP) is 4.97. The first-order valence-electron chi connectivity index (χ1n) is 5.89. The first-order chi connectivity index (χ1) is 8.65. The van der Waals surface area contributed by atoms with Crippen molar-refractivity contribution in [3.05, 3.63) is 50.9 Å². The first kappa shape index (κ1) is 13.7. The fourth-order valence-corrected chi connectivity index (χ4v) is 2.67. The first-order valence-corrected chi connectivity index (χ1v) is 7.35. The molecule has 96 valence electrons. The number of hydrogen-bond acceptors (Lipinski definition) is 2. The van der Waals surface area contributed by atoms with Crippen LogP contribution in [-0.4, -0.2) is 6.04 Å². The van der Waals surface area contributed by atoms with Crippen LogP contribution in [0.25, 0.3) is 0 Å². The van der Waals surface area contributed by atoms with Gasteiger partial charge in [0.25, 0.3) is 0 Å². The maximum atomic E-state index is 6.19. The second-order valence-electron chi connectivity index (χ2n) is 4.29. The molecule has 2 aromatic rings. The fourth-order valence-electron chi connectivity index (χ4n) is 1.76. The Bertz CT molecular complexity index is 499. The minimum atomic E-state index is 0.354. The van der Waals surface area contributed by atoms with E-state index in [9.17, 15) is 0 Å². The van der Waals surface area contributed by atoms with E-state index in [1.165, 1.54) is 0 Å². The van der Waals surface area contributed by atoms with Crippen molar-refractivity contribution in [2.45, 2.75) is 25.8 Å². The molecule has 2 nitrogen and oxygen atoms in total. The number of benzene rings is 1. The third-order valence-corrected chi connectivity index (χ3v) is 3.72. The number of aryl methyl sites for hydroxylation is 1. The summed E-state index contributed by atoms with van der Waals surface area (Å²) < 4.78 is 6.46. The van der Waals surface area contributed by atoms with E-state index in [-0.39, 0.29) is 0 Å². The number of rotatable bonds is 5. The minimum Gasteiger partial charge on any atom is -0.469 e. The van der Waals surface area contributed by atoms with Gasteiger partial charge in [0, 0.05) is 16.0 Å². The molecule has 0 spiro atoms. The topological polar surface area (TPSA) is 25.2 Å². The van der Waals surface area contributed by atoms with Crippen molar-refractivity contribution >= 4 is 39.9 Å². The Morgan fingerprint density at radius 1 is 1.39 bits per heavy atom. The van der Waals surface area contributed by atoms with Crippen molar-refractivity contribution in [3.8, 4) is 0 Å². The van der Waals surface area contributed by atoms with E-state index < -0.39 is 0 Å². The number of nitrogens with one attached hydrogen (secondary N) is 1. The van der Waals surface area contributed by atoms with Crippen LogP contribution in [0.4, 0.5) is 5.69 Å². The lowest BCUT2D eigenvalue weighted by Crippen LogP contribution is -2.16. The summed E-state index contributed by atoms with van der Waals surface area (Å²) in [5.74, 6) is 1.03. The normalized spacial score (nSPS) is 12.4. The molecule has 0 bridgehead atoms. The predicted molar refractivity (Wildman–Crippen MR) is 84.3 cm³/mol. The highest BCUT2D eigenvalue weighted by Gasteiger charge is 2.07.